The Bertz CT molecular complexity index is 1040. The highest BCUT2D eigenvalue weighted by atomic mass is 32.7. The lowest BCUT2D eigenvalue weighted by Crippen LogP contribution is -2.23. The van der Waals surface area contributed by atoms with E-state index in [1.54, 1.807) is 20.8 Å². The second-order valence-corrected chi connectivity index (χ2v) is 11.9. The van der Waals surface area contributed by atoms with Gasteiger partial charge in [0.2, 0.25) is 0 Å². The predicted octanol–water partition coefficient (Wildman–Crippen LogP) is 2.80. The second kappa shape index (κ2) is 9.37. The lowest BCUT2D eigenvalue weighted by molar-refractivity contribution is -0.150. The maximum absolute atomic E-state index is 14.5. The largest absolute Gasteiger partial charge is 0.454 e. The number of imidazole rings is 1. The van der Waals surface area contributed by atoms with Crippen LogP contribution in [0.15, 0.2) is 17.4 Å². The van der Waals surface area contributed by atoms with Crippen molar-refractivity contribution in [3.05, 3.63) is 23.0 Å². The van der Waals surface area contributed by atoms with Crippen LogP contribution in [0.5, 0.6) is 0 Å². The van der Waals surface area contributed by atoms with Crippen molar-refractivity contribution in [1.29, 1.82) is 0 Å². The molecule has 4 unspecified atom stereocenters. The second-order valence-electron chi connectivity index (χ2n) is 7.79. The van der Waals surface area contributed by atoms with E-state index in [-0.39, 0.29) is 30.1 Å². The zero-order chi connectivity index (χ0) is 22.8. The van der Waals surface area contributed by atoms with Crippen LogP contribution in [0.1, 0.15) is 33.4 Å². The average Bonchev–Trinajstić information content (AvgIpc) is 3.30. The number of nitrogens with zero attached hydrogens (tertiary/aromatic N) is 3. The lowest BCUT2D eigenvalue weighted by Gasteiger charge is -2.20. The van der Waals surface area contributed by atoms with Gasteiger partial charge in [-0.1, -0.05) is 0 Å². The Balaban J connectivity index is 1.58. The molecule has 3 heterocycles. The standard InChI is InChI=1S/C17H24FN4O7PS/c1-17(2,3)16(24)27-9-31-30(25,26-4)28-6-11-10(18)5-12(29-11)22-8-21-13-14(22)19-7-20-15(13)23/h7-8,10-12H,5-6,9H2,1-4H3,(H,19,20,23). The molecule has 4 atom stereocenters. The van der Waals surface area contributed by atoms with Crippen molar-refractivity contribution < 1.29 is 32.3 Å². The van der Waals surface area contributed by atoms with Crippen molar-refractivity contribution in [1.82, 2.24) is 19.5 Å². The Morgan fingerprint density at radius 1 is 1.45 bits per heavy atom. The van der Waals surface area contributed by atoms with Crippen LogP contribution in [0.25, 0.3) is 11.2 Å². The topological polar surface area (TPSA) is 135 Å². The van der Waals surface area contributed by atoms with Crippen molar-refractivity contribution in [2.45, 2.75) is 45.7 Å². The van der Waals surface area contributed by atoms with Gasteiger partial charge in [0, 0.05) is 24.9 Å². The Labute approximate surface area is 181 Å². The number of halogens is 1. The quantitative estimate of drug-likeness (QED) is 0.343. The van der Waals surface area contributed by atoms with Crippen LogP contribution in [0.2, 0.25) is 0 Å². The molecule has 0 radical (unpaired) electrons. The first kappa shape index (κ1) is 23.9. The van der Waals surface area contributed by atoms with Crippen LogP contribution in [-0.4, -0.2) is 57.4 Å². The van der Waals surface area contributed by atoms with Crippen molar-refractivity contribution in [3.63, 3.8) is 0 Å². The molecule has 2 aromatic rings. The number of rotatable bonds is 8. The number of alkyl halides is 1. The maximum Gasteiger partial charge on any atom is 0.392 e. The number of fused-ring (bicyclic) bond motifs is 1. The van der Waals surface area contributed by atoms with Crippen LogP contribution < -0.4 is 5.56 Å². The van der Waals surface area contributed by atoms with Crippen LogP contribution in [0.3, 0.4) is 0 Å². The Morgan fingerprint density at radius 2 is 2.19 bits per heavy atom. The van der Waals surface area contributed by atoms with Crippen LogP contribution in [0, 0.1) is 5.41 Å². The minimum atomic E-state index is -3.70. The molecule has 2 aromatic heterocycles. The van der Waals surface area contributed by atoms with E-state index in [9.17, 15) is 18.5 Å². The first-order chi connectivity index (χ1) is 14.5. The van der Waals surface area contributed by atoms with E-state index in [0.717, 1.165) is 0 Å². The Morgan fingerprint density at radius 3 is 2.87 bits per heavy atom. The summed E-state index contributed by atoms with van der Waals surface area (Å²) in [6.45, 7) is 1.03. The molecule has 1 aliphatic heterocycles. The van der Waals surface area contributed by atoms with Gasteiger partial charge in [-0.05, 0) is 20.8 Å². The first-order valence-corrected chi connectivity index (χ1v) is 12.5. The number of aromatic amines is 1. The van der Waals surface area contributed by atoms with E-state index in [0.29, 0.717) is 11.4 Å². The van der Waals surface area contributed by atoms with E-state index in [2.05, 4.69) is 15.0 Å². The summed E-state index contributed by atoms with van der Waals surface area (Å²) in [5.74, 6) is -0.705. The highest BCUT2D eigenvalue weighted by Gasteiger charge is 2.39. The molecule has 1 N–H and O–H groups in total. The van der Waals surface area contributed by atoms with E-state index in [1.165, 1.54) is 24.3 Å². The van der Waals surface area contributed by atoms with Gasteiger partial charge < -0.3 is 19.0 Å². The number of esters is 1. The zero-order valence-corrected chi connectivity index (χ0v) is 19.2. The average molecular weight is 478 g/mol. The third kappa shape index (κ3) is 5.53. The van der Waals surface area contributed by atoms with Gasteiger partial charge in [0.1, 0.15) is 24.4 Å². The Hall–Kier alpha value is -1.79. The molecule has 0 bridgehead atoms. The minimum absolute atomic E-state index is 0.0262. The smallest absolute Gasteiger partial charge is 0.392 e. The summed E-state index contributed by atoms with van der Waals surface area (Å²) in [4.78, 5) is 34.0. The zero-order valence-electron chi connectivity index (χ0n) is 17.4. The molecule has 1 aliphatic rings. The molecule has 11 nitrogen and oxygen atoms in total. The number of carbonyl (C=O) groups excluding carboxylic acids is 1. The molecule has 14 heteroatoms. The molecule has 1 fully saturated rings. The first-order valence-electron chi connectivity index (χ1n) is 9.36. The number of nitrogens with one attached hydrogen (secondary N) is 1. The summed E-state index contributed by atoms with van der Waals surface area (Å²) in [7, 11) is 1.19. The van der Waals surface area contributed by atoms with Crippen molar-refractivity contribution in [2.75, 3.05) is 19.7 Å². The SMILES string of the molecule is COP(=O)(OCC1OC(n2cnc3c(=O)[nH]cnc32)CC1F)SCOC(=O)C(C)(C)C. The molecule has 1 saturated heterocycles. The highest BCUT2D eigenvalue weighted by molar-refractivity contribution is 8.55. The van der Waals surface area contributed by atoms with Gasteiger partial charge in [-0.25, -0.2) is 18.9 Å². The predicted molar refractivity (Wildman–Crippen MR) is 110 cm³/mol. The summed E-state index contributed by atoms with van der Waals surface area (Å²) in [5, 5.41) is 0. The fourth-order valence-electron chi connectivity index (χ4n) is 2.75. The minimum Gasteiger partial charge on any atom is -0.454 e. The van der Waals surface area contributed by atoms with Crippen molar-refractivity contribution in [2.24, 2.45) is 5.41 Å². The van der Waals surface area contributed by atoms with Crippen molar-refractivity contribution >= 4 is 35.3 Å². The van der Waals surface area contributed by atoms with Gasteiger partial charge in [0.15, 0.2) is 11.2 Å². The summed E-state index contributed by atoms with van der Waals surface area (Å²) in [6, 6.07) is 0. The number of carbonyl (C=O) groups is 1. The van der Waals surface area contributed by atoms with E-state index < -0.39 is 42.2 Å². The van der Waals surface area contributed by atoms with Crippen LogP contribution in [0.4, 0.5) is 4.39 Å². The molecular weight excluding hydrogens is 454 g/mol. The van der Waals surface area contributed by atoms with Crippen LogP contribution >= 0.6 is 18.2 Å². The van der Waals surface area contributed by atoms with Crippen LogP contribution in [-0.2, 0) is 27.9 Å². The third-order valence-corrected chi connectivity index (χ3v) is 7.95. The molecule has 0 aromatic carbocycles. The summed E-state index contributed by atoms with van der Waals surface area (Å²) >= 11 is 0.682. The highest BCUT2D eigenvalue weighted by Crippen LogP contribution is 2.60. The van der Waals surface area contributed by atoms with Crippen molar-refractivity contribution in [3.8, 4) is 0 Å². The van der Waals surface area contributed by atoms with Gasteiger partial charge in [-0.3, -0.25) is 18.7 Å². The molecule has 31 heavy (non-hydrogen) atoms. The molecule has 0 aliphatic carbocycles. The normalized spacial score (nSPS) is 23.7. The van der Waals surface area contributed by atoms with Gasteiger partial charge in [-0.2, -0.15) is 0 Å². The molecule has 3 rings (SSSR count). The Kier molecular flexibility index (Phi) is 7.21. The third-order valence-electron chi connectivity index (χ3n) is 4.47. The fourth-order valence-corrected chi connectivity index (χ4v) is 4.92. The number of H-pyrrole nitrogens is 1. The molecule has 172 valence electrons. The maximum atomic E-state index is 14.5. The van der Waals surface area contributed by atoms with Gasteiger partial charge in [0.25, 0.3) is 5.56 Å². The molecule has 0 saturated carbocycles. The number of aromatic nitrogens is 4. The monoisotopic (exact) mass is 478 g/mol. The number of hydrogen-bond acceptors (Lipinski definition) is 10. The summed E-state index contributed by atoms with van der Waals surface area (Å²) < 4.78 is 49.7. The van der Waals surface area contributed by atoms with Gasteiger partial charge >= 0.3 is 12.8 Å². The molecule has 0 spiro atoms. The van der Waals surface area contributed by atoms with E-state index >= 15 is 0 Å². The molecular formula is C17H24FN4O7PS. The van der Waals surface area contributed by atoms with Gasteiger partial charge in [-0.15, -0.1) is 0 Å². The number of ether oxygens (including phenoxy) is 2. The van der Waals surface area contributed by atoms with E-state index in [4.69, 9.17) is 18.5 Å². The molecule has 0 amide bonds. The lowest BCUT2D eigenvalue weighted by atomic mass is 9.98. The summed E-state index contributed by atoms with van der Waals surface area (Å²) in [6.07, 6.45) is -0.646. The van der Waals surface area contributed by atoms with E-state index in [1.807, 2.05) is 0 Å². The fraction of sp³-hybridized carbons (Fsp3) is 0.647. The number of hydrogen-bond donors (Lipinski definition) is 1. The summed E-state index contributed by atoms with van der Waals surface area (Å²) in [5.41, 5.74) is -0.736. The van der Waals surface area contributed by atoms with Gasteiger partial charge in [0.05, 0.1) is 24.7 Å².